The molecule has 1 unspecified atom stereocenters. The van der Waals surface area contributed by atoms with Crippen molar-refractivity contribution in [3.05, 3.63) is 23.9 Å². The van der Waals surface area contributed by atoms with Crippen LogP contribution in [0.3, 0.4) is 0 Å². The Bertz CT molecular complexity index is 291. The number of nitrogens with zero attached hydrogens (tertiary/aromatic N) is 1. The highest BCUT2D eigenvalue weighted by Crippen LogP contribution is 2.15. The first-order valence-electron chi connectivity index (χ1n) is 5.49. The fraction of sp³-hybridized carbons (Fsp3) is 0.583. The van der Waals surface area contributed by atoms with E-state index in [9.17, 15) is 0 Å². The number of alkyl halides is 1. The zero-order valence-corrected chi connectivity index (χ0v) is 11.0. The average molecular weight is 272 g/mol. The van der Waals surface area contributed by atoms with E-state index in [2.05, 4.69) is 27.8 Å². The summed E-state index contributed by atoms with van der Waals surface area (Å²) >= 11 is 3.66. The van der Waals surface area contributed by atoms with Crippen LogP contribution in [-0.2, 0) is 6.42 Å². The molecule has 2 nitrogen and oxygen atoms in total. The molecule has 0 aliphatic rings. The van der Waals surface area contributed by atoms with Crippen LogP contribution in [0.15, 0.2) is 18.2 Å². The molecule has 0 bridgehead atoms. The molecule has 0 radical (unpaired) electrons. The molecule has 0 aromatic carbocycles. The van der Waals surface area contributed by atoms with Gasteiger partial charge in [-0.2, -0.15) is 0 Å². The van der Waals surface area contributed by atoms with Gasteiger partial charge in [-0.15, -0.1) is 0 Å². The fourth-order valence-corrected chi connectivity index (χ4v) is 2.23. The maximum Gasteiger partial charge on any atom is 0.213 e. The van der Waals surface area contributed by atoms with Crippen molar-refractivity contribution in [2.75, 3.05) is 6.61 Å². The van der Waals surface area contributed by atoms with Crippen LogP contribution >= 0.6 is 15.9 Å². The average Bonchev–Trinajstić information content (AvgIpc) is 2.19. The number of rotatable bonds is 6. The third-order valence-electron chi connectivity index (χ3n) is 2.11. The maximum absolute atomic E-state index is 5.36. The van der Waals surface area contributed by atoms with Gasteiger partial charge < -0.3 is 4.74 Å². The molecule has 0 aliphatic carbocycles. The Labute approximate surface area is 100 Å². The minimum absolute atomic E-state index is 0.520. The largest absolute Gasteiger partial charge is 0.478 e. The van der Waals surface area contributed by atoms with Crippen LogP contribution in [0.1, 0.15) is 32.4 Å². The van der Waals surface area contributed by atoms with Crippen LogP contribution in [0.4, 0.5) is 0 Å². The van der Waals surface area contributed by atoms with E-state index in [1.54, 1.807) is 0 Å². The topological polar surface area (TPSA) is 22.1 Å². The molecular weight excluding hydrogens is 254 g/mol. The number of hydrogen-bond donors (Lipinski definition) is 0. The van der Waals surface area contributed by atoms with Crippen LogP contribution in [0, 0.1) is 0 Å². The second-order valence-electron chi connectivity index (χ2n) is 3.49. The third kappa shape index (κ3) is 4.65. The molecule has 0 spiro atoms. The van der Waals surface area contributed by atoms with Crippen LogP contribution < -0.4 is 4.74 Å². The monoisotopic (exact) mass is 271 g/mol. The molecule has 0 fully saturated rings. The van der Waals surface area contributed by atoms with Crippen LogP contribution in [0.25, 0.3) is 0 Å². The second-order valence-corrected chi connectivity index (χ2v) is 4.79. The summed E-state index contributed by atoms with van der Waals surface area (Å²) in [5, 5.41) is 0. The lowest BCUT2D eigenvalue weighted by molar-refractivity contribution is 0.326. The fourth-order valence-electron chi connectivity index (χ4n) is 1.44. The molecular formula is C12H18BrNO. The predicted molar refractivity (Wildman–Crippen MR) is 66.7 cm³/mol. The van der Waals surface area contributed by atoms with Crippen molar-refractivity contribution < 1.29 is 4.74 Å². The Morgan fingerprint density at radius 2 is 2.20 bits per heavy atom. The summed E-state index contributed by atoms with van der Waals surface area (Å²) in [4.78, 5) is 4.95. The van der Waals surface area contributed by atoms with Gasteiger partial charge in [0.25, 0.3) is 0 Å². The molecule has 0 amide bonds. The molecule has 84 valence electrons. The molecule has 0 aliphatic heterocycles. The van der Waals surface area contributed by atoms with Crippen LogP contribution in [-0.4, -0.2) is 16.4 Å². The lowest BCUT2D eigenvalue weighted by Gasteiger charge is -2.08. The van der Waals surface area contributed by atoms with Crippen LogP contribution in [0.5, 0.6) is 5.88 Å². The Balaban J connectivity index is 2.56. The van der Waals surface area contributed by atoms with Crippen molar-refractivity contribution in [3.63, 3.8) is 0 Å². The van der Waals surface area contributed by atoms with Gasteiger partial charge in [0.1, 0.15) is 0 Å². The highest BCUT2D eigenvalue weighted by Gasteiger charge is 2.06. The summed E-state index contributed by atoms with van der Waals surface area (Å²) in [5.41, 5.74) is 1.09. The minimum atomic E-state index is 0.520. The number of ether oxygens (including phenoxy) is 1. The highest BCUT2D eigenvalue weighted by molar-refractivity contribution is 9.09. The quantitative estimate of drug-likeness (QED) is 0.738. The maximum atomic E-state index is 5.36. The SMILES string of the molecule is CCCC(Br)Cc1cccc(OCC)n1. The number of hydrogen-bond acceptors (Lipinski definition) is 2. The first kappa shape index (κ1) is 12.5. The first-order chi connectivity index (χ1) is 7.26. The Kier molecular flexibility index (Phi) is 5.69. The van der Waals surface area contributed by atoms with Crippen molar-refractivity contribution in [2.45, 2.75) is 37.9 Å². The second kappa shape index (κ2) is 6.83. The van der Waals surface area contributed by atoms with E-state index in [-0.39, 0.29) is 0 Å². The molecule has 1 aromatic rings. The smallest absolute Gasteiger partial charge is 0.213 e. The number of halogens is 1. The van der Waals surface area contributed by atoms with Crippen LogP contribution in [0.2, 0.25) is 0 Å². The molecule has 0 saturated heterocycles. The van der Waals surface area contributed by atoms with Crippen molar-refractivity contribution in [1.82, 2.24) is 4.98 Å². The molecule has 1 heterocycles. The van der Waals surface area contributed by atoms with Gasteiger partial charge in [0, 0.05) is 23.0 Å². The van der Waals surface area contributed by atoms with E-state index in [0.29, 0.717) is 11.4 Å². The summed E-state index contributed by atoms with van der Waals surface area (Å²) in [7, 11) is 0. The highest BCUT2D eigenvalue weighted by atomic mass is 79.9. The van der Waals surface area contributed by atoms with Crippen molar-refractivity contribution in [2.24, 2.45) is 0 Å². The van der Waals surface area contributed by atoms with Crippen molar-refractivity contribution in [3.8, 4) is 5.88 Å². The van der Waals surface area contributed by atoms with E-state index in [4.69, 9.17) is 4.74 Å². The normalized spacial score (nSPS) is 12.5. The van der Waals surface area contributed by atoms with E-state index in [0.717, 1.165) is 18.0 Å². The summed E-state index contributed by atoms with van der Waals surface area (Å²) in [5.74, 6) is 0.728. The van der Waals surface area contributed by atoms with E-state index < -0.39 is 0 Å². The Hall–Kier alpha value is -0.570. The summed E-state index contributed by atoms with van der Waals surface area (Å²) < 4.78 is 5.36. The number of aromatic nitrogens is 1. The predicted octanol–water partition coefficient (Wildman–Crippen LogP) is 3.59. The van der Waals surface area contributed by atoms with Gasteiger partial charge in [-0.3, -0.25) is 0 Å². The van der Waals surface area contributed by atoms with Crippen molar-refractivity contribution >= 4 is 15.9 Å². The van der Waals surface area contributed by atoms with Gasteiger partial charge in [0.05, 0.1) is 6.61 Å². The Morgan fingerprint density at radius 1 is 1.40 bits per heavy atom. The first-order valence-corrected chi connectivity index (χ1v) is 6.40. The summed E-state index contributed by atoms with van der Waals surface area (Å²) in [6.45, 7) is 4.83. The molecule has 1 aromatic heterocycles. The van der Waals surface area contributed by atoms with Gasteiger partial charge in [-0.05, 0) is 19.4 Å². The third-order valence-corrected chi connectivity index (χ3v) is 2.89. The lowest BCUT2D eigenvalue weighted by atomic mass is 10.1. The molecule has 0 saturated carbocycles. The van der Waals surface area contributed by atoms with Crippen molar-refractivity contribution in [1.29, 1.82) is 0 Å². The van der Waals surface area contributed by atoms with Gasteiger partial charge >= 0.3 is 0 Å². The summed E-state index contributed by atoms with van der Waals surface area (Å²) in [6.07, 6.45) is 3.34. The van der Waals surface area contributed by atoms with Gasteiger partial charge in [-0.1, -0.05) is 35.3 Å². The molecule has 15 heavy (non-hydrogen) atoms. The zero-order valence-electron chi connectivity index (χ0n) is 9.37. The van der Waals surface area contributed by atoms with E-state index in [1.165, 1.54) is 12.8 Å². The number of pyridine rings is 1. The lowest BCUT2D eigenvalue weighted by Crippen LogP contribution is -2.05. The molecule has 1 rings (SSSR count). The van der Waals surface area contributed by atoms with Gasteiger partial charge in [0.15, 0.2) is 0 Å². The molecule has 1 atom stereocenters. The van der Waals surface area contributed by atoms with Gasteiger partial charge in [-0.25, -0.2) is 4.98 Å². The molecule has 3 heteroatoms. The van der Waals surface area contributed by atoms with E-state index >= 15 is 0 Å². The van der Waals surface area contributed by atoms with Gasteiger partial charge in [0.2, 0.25) is 5.88 Å². The zero-order chi connectivity index (χ0) is 11.1. The Morgan fingerprint density at radius 3 is 2.87 bits per heavy atom. The molecule has 0 N–H and O–H groups in total. The van der Waals surface area contributed by atoms with E-state index in [1.807, 2.05) is 25.1 Å². The standard InChI is InChI=1S/C12H18BrNO/c1-3-6-10(13)9-11-7-5-8-12(14-11)15-4-2/h5,7-8,10H,3-4,6,9H2,1-2H3. The summed E-state index contributed by atoms with van der Waals surface area (Å²) in [6, 6.07) is 5.95. The minimum Gasteiger partial charge on any atom is -0.478 e.